The van der Waals surface area contributed by atoms with Crippen molar-refractivity contribution in [1.82, 2.24) is 14.8 Å². The van der Waals surface area contributed by atoms with Crippen LogP contribution in [0.15, 0.2) is 5.16 Å². The van der Waals surface area contributed by atoms with Crippen molar-refractivity contribution in [2.45, 2.75) is 32.2 Å². The van der Waals surface area contributed by atoms with Gasteiger partial charge in [0.05, 0.1) is 11.2 Å². The molecular weight excluding hydrogens is 272 g/mol. The maximum absolute atomic E-state index is 11.3. The summed E-state index contributed by atoms with van der Waals surface area (Å²) in [5, 5.41) is 25.7. The lowest BCUT2D eigenvalue weighted by Crippen LogP contribution is -2.36. The molecule has 0 aliphatic carbocycles. The van der Waals surface area contributed by atoms with Gasteiger partial charge in [0.2, 0.25) is 5.91 Å². The Bertz CT molecular complexity index is 486. The fourth-order valence-corrected chi connectivity index (χ4v) is 1.98. The van der Waals surface area contributed by atoms with Crippen molar-refractivity contribution < 1.29 is 19.8 Å². The summed E-state index contributed by atoms with van der Waals surface area (Å²) in [6, 6.07) is 0. The Balaban J connectivity index is 2.99. The third-order valence-electron chi connectivity index (χ3n) is 2.48. The summed E-state index contributed by atoms with van der Waals surface area (Å²) in [7, 11) is 0. The first kappa shape index (κ1) is 15.4. The van der Waals surface area contributed by atoms with Gasteiger partial charge in [0.15, 0.2) is 11.0 Å². The number of carboxylic acids is 1. The Kier molecular flexibility index (Phi) is 4.90. The number of nitrogens with zero attached hydrogens (tertiary/aromatic N) is 3. The molecule has 19 heavy (non-hydrogen) atoms. The predicted molar refractivity (Wildman–Crippen MR) is 67.3 cm³/mol. The van der Waals surface area contributed by atoms with E-state index in [-0.39, 0.29) is 24.7 Å². The molecule has 0 bridgehead atoms. The molecule has 4 N–H and O–H groups in total. The molecular formula is C10H16N4O4S. The molecule has 1 rings (SSSR count). The minimum atomic E-state index is -0.987. The molecule has 0 fully saturated rings. The number of carbonyl (C=O) groups is 2. The van der Waals surface area contributed by atoms with Gasteiger partial charge in [-0.05, 0) is 13.8 Å². The smallest absolute Gasteiger partial charge is 0.313 e. The minimum Gasteiger partial charge on any atom is -0.481 e. The Labute approximate surface area is 114 Å². The number of carboxylic acid groups (broad SMARTS) is 1. The predicted octanol–water partition coefficient (Wildman–Crippen LogP) is -0.541. The molecule has 0 spiro atoms. The van der Waals surface area contributed by atoms with Crippen molar-refractivity contribution in [3.05, 3.63) is 5.82 Å². The molecule has 0 aliphatic rings. The van der Waals surface area contributed by atoms with Gasteiger partial charge in [-0.3, -0.25) is 9.59 Å². The third-order valence-corrected chi connectivity index (χ3v) is 3.43. The number of aliphatic hydroxyl groups excluding tert-OH is 1. The zero-order valence-corrected chi connectivity index (χ0v) is 11.5. The second-order valence-electron chi connectivity index (χ2n) is 4.57. The number of hydrogen-bond donors (Lipinski definition) is 3. The second-order valence-corrected chi connectivity index (χ2v) is 5.52. The van der Waals surface area contributed by atoms with E-state index in [2.05, 4.69) is 10.2 Å². The summed E-state index contributed by atoms with van der Waals surface area (Å²) in [6.07, 6.45) is 0. The highest BCUT2D eigenvalue weighted by Crippen LogP contribution is 2.23. The average molecular weight is 288 g/mol. The number of rotatable bonds is 7. The van der Waals surface area contributed by atoms with Crippen LogP contribution in [0.4, 0.5) is 0 Å². The van der Waals surface area contributed by atoms with Crippen LogP contribution in [0.25, 0.3) is 0 Å². The number of aromatic nitrogens is 3. The second kappa shape index (κ2) is 6.02. The van der Waals surface area contributed by atoms with Gasteiger partial charge >= 0.3 is 5.97 Å². The van der Waals surface area contributed by atoms with Crippen LogP contribution in [0.2, 0.25) is 0 Å². The number of carbonyl (C=O) groups excluding carboxylic acids is 1. The standard InChI is InChI=1S/C10H16N4O4S/c1-10(2,8(11)18)5-14-6(3-15)12-13-9(14)19-4-7(16)17/h15H,3-5H2,1-2H3,(H2,11,18)(H,16,17). The number of aliphatic hydroxyl groups is 1. The zero-order valence-electron chi connectivity index (χ0n) is 10.7. The fraction of sp³-hybridized carbons (Fsp3) is 0.600. The van der Waals surface area contributed by atoms with E-state index >= 15 is 0 Å². The van der Waals surface area contributed by atoms with E-state index in [9.17, 15) is 14.7 Å². The highest BCUT2D eigenvalue weighted by Gasteiger charge is 2.28. The number of thioether (sulfide) groups is 1. The van der Waals surface area contributed by atoms with Gasteiger partial charge in [0.25, 0.3) is 0 Å². The van der Waals surface area contributed by atoms with Crippen molar-refractivity contribution >= 4 is 23.6 Å². The molecule has 0 unspecified atom stereocenters. The SMILES string of the molecule is CC(C)(Cn1c(CO)nnc1SCC(=O)O)C(N)=O. The van der Waals surface area contributed by atoms with Crippen LogP contribution >= 0.6 is 11.8 Å². The Morgan fingerprint density at radius 3 is 2.53 bits per heavy atom. The topological polar surface area (TPSA) is 131 Å². The van der Waals surface area contributed by atoms with Crippen LogP contribution < -0.4 is 5.73 Å². The first-order valence-corrected chi connectivity index (χ1v) is 6.44. The van der Waals surface area contributed by atoms with Crippen molar-refractivity contribution in [3.63, 3.8) is 0 Å². The molecule has 1 aromatic heterocycles. The monoisotopic (exact) mass is 288 g/mol. The lowest BCUT2D eigenvalue weighted by molar-refractivity contribution is -0.134. The lowest BCUT2D eigenvalue weighted by atomic mass is 9.92. The molecule has 0 aliphatic heterocycles. The molecule has 106 valence electrons. The number of primary amides is 1. The van der Waals surface area contributed by atoms with Crippen LogP contribution in [0.5, 0.6) is 0 Å². The minimum absolute atomic E-state index is 0.174. The highest BCUT2D eigenvalue weighted by atomic mass is 32.2. The summed E-state index contributed by atoms with van der Waals surface area (Å²) in [4.78, 5) is 21.9. The summed E-state index contributed by atoms with van der Waals surface area (Å²) < 4.78 is 1.51. The van der Waals surface area contributed by atoms with Crippen LogP contribution in [-0.2, 0) is 22.7 Å². The van der Waals surface area contributed by atoms with E-state index in [1.54, 1.807) is 13.8 Å². The van der Waals surface area contributed by atoms with Crippen molar-refractivity contribution in [2.24, 2.45) is 11.1 Å². The van der Waals surface area contributed by atoms with Crippen molar-refractivity contribution in [1.29, 1.82) is 0 Å². The van der Waals surface area contributed by atoms with Gasteiger partial charge < -0.3 is 20.5 Å². The molecule has 0 atom stereocenters. The molecule has 0 radical (unpaired) electrons. The first-order valence-electron chi connectivity index (χ1n) is 5.45. The molecule has 0 aromatic carbocycles. The van der Waals surface area contributed by atoms with E-state index in [1.165, 1.54) is 4.57 Å². The van der Waals surface area contributed by atoms with Gasteiger partial charge in [0, 0.05) is 6.54 Å². The zero-order chi connectivity index (χ0) is 14.6. The molecule has 1 amide bonds. The Morgan fingerprint density at radius 2 is 2.05 bits per heavy atom. The first-order chi connectivity index (χ1) is 8.77. The molecule has 8 nitrogen and oxygen atoms in total. The number of hydrogen-bond acceptors (Lipinski definition) is 6. The Morgan fingerprint density at radius 1 is 1.42 bits per heavy atom. The van der Waals surface area contributed by atoms with Gasteiger partial charge in [-0.15, -0.1) is 10.2 Å². The molecule has 1 heterocycles. The average Bonchev–Trinajstić information content (AvgIpc) is 2.67. The molecule has 0 saturated heterocycles. The van der Waals surface area contributed by atoms with Gasteiger partial charge in [-0.25, -0.2) is 0 Å². The molecule has 9 heteroatoms. The summed E-state index contributed by atoms with van der Waals surface area (Å²) in [5.41, 5.74) is 4.44. The Hall–Kier alpha value is -1.61. The third kappa shape index (κ3) is 3.93. The molecule has 1 aromatic rings. The quantitative estimate of drug-likeness (QED) is 0.574. The number of aliphatic carboxylic acids is 1. The van der Waals surface area contributed by atoms with Crippen LogP contribution in [-0.4, -0.2) is 42.6 Å². The van der Waals surface area contributed by atoms with E-state index in [1.807, 2.05) is 0 Å². The summed E-state index contributed by atoms with van der Waals surface area (Å²) in [5.74, 6) is -1.40. The van der Waals surface area contributed by atoms with Crippen LogP contribution in [0, 0.1) is 5.41 Å². The van der Waals surface area contributed by atoms with E-state index in [4.69, 9.17) is 10.8 Å². The number of nitrogens with two attached hydrogens (primary N) is 1. The fourth-order valence-electron chi connectivity index (χ4n) is 1.30. The van der Waals surface area contributed by atoms with Crippen molar-refractivity contribution in [3.8, 4) is 0 Å². The lowest BCUT2D eigenvalue weighted by Gasteiger charge is -2.22. The summed E-state index contributed by atoms with van der Waals surface area (Å²) >= 11 is 0.970. The van der Waals surface area contributed by atoms with Gasteiger partial charge in [0.1, 0.15) is 6.61 Å². The number of amides is 1. The van der Waals surface area contributed by atoms with E-state index in [0.717, 1.165) is 11.8 Å². The molecule has 0 saturated carbocycles. The van der Waals surface area contributed by atoms with E-state index < -0.39 is 17.3 Å². The largest absolute Gasteiger partial charge is 0.481 e. The van der Waals surface area contributed by atoms with Gasteiger partial charge in [-0.1, -0.05) is 11.8 Å². The van der Waals surface area contributed by atoms with Crippen LogP contribution in [0.3, 0.4) is 0 Å². The van der Waals surface area contributed by atoms with Crippen molar-refractivity contribution in [2.75, 3.05) is 5.75 Å². The van der Waals surface area contributed by atoms with E-state index in [0.29, 0.717) is 5.16 Å². The normalized spacial score (nSPS) is 11.5. The summed E-state index contributed by atoms with van der Waals surface area (Å²) in [6.45, 7) is 3.13. The van der Waals surface area contributed by atoms with Crippen LogP contribution in [0.1, 0.15) is 19.7 Å². The highest BCUT2D eigenvalue weighted by molar-refractivity contribution is 7.99. The maximum atomic E-state index is 11.3. The van der Waals surface area contributed by atoms with Gasteiger partial charge in [-0.2, -0.15) is 0 Å². The maximum Gasteiger partial charge on any atom is 0.313 e.